The van der Waals surface area contributed by atoms with Gasteiger partial charge in [0.25, 0.3) is 0 Å². The normalized spacial score (nSPS) is 13.8. The van der Waals surface area contributed by atoms with Crippen molar-refractivity contribution in [1.29, 1.82) is 0 Å². The van der Waals surface area contributed by atoms with Crippen LogP contribution >= 0.6 is 11.3 Å². The summed E-state index contributed by atoms with van der Waals surface area (Å²) in [4.78, 5) is 12.7. The number of thiophene rings is 1. The maximum atomic E-state index is 11.5. The number of carboxylic acid groups (broad SMARTS) is 1. The van der Waals surface area contributed by atoms with Crippen molar-refractivity contribution in [2.24, 2.45) is 0 Å². The first-order valence-electron chi connectivity index (χ1n) is 7.87. The Morgan fingerprint density at radius 2 is 1.87 bits per heavy atom. The lowest BCUT2D eigenvalue weighted by atomic mass is 9.74. The predicted molar refractivity (Wildman–Crippen MR) is 96.2 cm³/mol. The van der Waals surface area contributed by atoms with Crippen LogP contribution < -0.4 is 0 Å². The Balaban J connectivity index is 2.09. The number of hydrogen-bond donors (Lipinski definition) is 1. The molecule has 1 atom stereocenters. The molecule has 3 aromatic rings. The smallest absolute Gasteiger partial charge is 0.304 e. The van der Waals surface area contributed by atoms with Crippen molar-refractivity contribution in [3.05, 3.63) is 70.4 Å². The van der Waals surface area contributed by atoms with Crippen LogP contribution in [0.4, 0.5) is 0 Å². The van der Waals surface area contributed by atoms with Gasteiger partial charge in [-0.1, -0.05) is 55.5 Å². The van der Waals surface area contributed by atoms with Gasteiger partial charge in [-0.3, -0.25) is 4.79 Å². The van der Waals surface area contributed by atoms with Gasteiger partial charge in [-0.05, 0) is 40.6 Å². The maximum Gasteiger partial charge on any atom is 0.304 e. The molecule has 0 amide bonds. The molecule has 1 aromatic heterocycles. The van der Waals surface area contributed by atoms with Crippen LogP contribution in [0, 0.1) is 0 Å². The van der Waals surface area contributed by atoms with E-state index in [-0.39, 0.29) is 11.8 Å². The number of carbonyl (C=O) groups is 1. The number of carboxylic acids is 1. The first-order chi connectivity index (χ1) is 11.1. The van der Waals surface area contributed by atoms with Gasteiger partial charge in [-0.2, -0.15) is 0 Å². The Morgan fingerprint density at radius 1 is 1.09 bits per heavy atom. The van der Waals surface area contributed by atoms with Crippen molar-refractivity contribution in [3.63, 3.8) is 0 Å². The van der Waals surface area contributed by atoms with Crippen LogP contribution in [0.15, 0.2) is 60.0 Å². The summed E-state index contributed by atoms with van der Waals surface area (Å²) in [6, 6.07) is 18.7. The molecule has 0 aliphatic rings. The molecule has 23 heavy (non-hydrogen) atoms. The molecule has 1 N–H and O–H groups in total. The third-order valence-electron chi connectivity index (χ3n) is 4.62. The minimum atomic E-state index is -0.736. The van der Waals surface area contributed by atoms with Crippen molar-refractivity contribution < 1.29 is 9.90 Å². The van der Waals surface area contributed by atoms with Gasteiger partial charge in [0, 0.05) is 10.3 Å². The van der Waals surface area contributed by atoms with Crippen molar-refractivity contribution in [2.75, 3.05) is 0 Å². The van der Waals surface area contributed by atoms with E-state index < -0.39 is 5.97 Å². The molecule has 0 aliphatic heterocycles. The number of fused-ring (bicyclic) bond motifs is 1. The molecule has 0 bridgehead atoms. The molecule has 2 nitrogen and oxygen atoms in total. The zero-order valence-electron chi connectivity index (χ0n) is 13.2. The number of aliphatic carboxylic acids is 1. The minimum Gasteiger partial charge on any atom is -0.481 e. The van der Waals surface area contributed by atoms with Crippen LogP contribution in [0.5, 0.6) is 0 Å². The third kappa shape index (κ3) is 3.15. The molecule has 0 spiro atoms. The van der Waals surface area contributed by atoms with Crippen LogP contribution in [0.3, 0.4) is 0 Å². The van der Waals surface area contributed by atoms with E-state index in [0.29, 0.717) is 0 Å². The highest BCUT2D eigenvalue weighted by Gasteiger charge is 2.34. The Labute approximate surface area is 140 Å². The van der Waals surface area contributed by atoms with E-state index >= 15 is 0 Å². The summed E-state index contributed by atoms with van der Waals surface area (Å²) in [7, 11) is 0. The van der Waals surface area contributed by atoms with E-state index in [1.54, 1.807) is 11.3 Å². The van der Waals surface area contributed by atoms with E-state index in [1.165, 1.54) is 16.3 Å². The van der Waals surface area contributed by atoms with Gasteiger partial charge in [0.05, 0.1) is 6.42 Å². The highest BCUT2D eigenvalue weighted by Crippen LogP contribution is 2.39. The van der Waals surface area contributed by atoms with Gasteiger partial charge < -0.3 is 5.11 Å². The van der Waals surface area contributed by atoms with Gasteiger partial charge in [0.2, 0.25) is 0 Å². The fourth-order valence-corrected chi connectivity index (χ4v) is 4.34. The summed E-state index contributed by atoms with van der Waals surface area (Å²) in [6.45, 7) is 2.09. The fraction of sp³-hybridized carbons (Fsp3) is 0.250. The Hall–Kier alpha value is -2.13. The maximum absolute atomic E-state index is 11.5. The van der Waals surface area contributed by atoms with Gasteiger partial charge in [-0.15, -0.1) is 11.3 Å². The van der Waals surface area contributed by atoms with Crippen LogP contribution in [0.25, 0.3) is 10.8 Å². The van der Waals surface area contributed by atoms with Crippen molar-refractivity contribution in [2.45, 2.75) is 31.6 Å². The van der Waals surface area contributed by atoms with Gasteiger partial charge >= 0.3 is 5.97 Å². The standard InChI is InChI=1S/C20H20O2S/c1-2-20(14-19(21)22,18-11-6-12-23-18)13-16-9-5-8-15-7-3-4-10-17(15)16/h3-12H,2,13-14H2,1H3,(H,21,22)/t20-/m0/s1. The van der Waals surface area contributed by atoms with E-state index in [1.807, 2.05) is 23.6 Å². The molecule has 0 radical (unpaired) electrons. The van der Waals surface area contributed by atoms with Crippen molar-refractivity contribution in [1.82, 2.24) is 0 Å². The van der Waals surface area contributed by atoms with Crippen LogP contribution in [-0.2, 0) is 16.6 Å². The second-order valence-corrected chi connectivity index (χ2v) is 6.94. The van der Waals surface area contributed by atoms with E-state index in [4.69, 9.17) is 0 Å². The zero-order chi connectivity index (χ0) is 16.3. The SMILES string of the molecule is CC[C@@](CC(=O)O)(Cc1cccc2ccccc12)c1cccs1. The van der Waals surface area contributed by atoms with Crippen LogP contribution in [0.2, 0.25) is 0 Å². The number of hydrogen-bond acceptors (Lipinski definition) is 2. The molecule has 2 aromatic carbocycles. The van der Waals surface area contributed by atoms with Gasteiger partial charge in [0.1, 0.15) is 0 Å². The largest absolute Gasteiger partial charge is 0.481 e. The third-order valence-corrected chi connectivity index (χ3v) is 5.74. The highest BCUT2D eigenvalue weighted by atomic mass is 32.1. The van der Waals surface area contributed by atoms with Gasteiger partial charge in [0.15, 0.2) is 0 Å². The Bertz CT molecular complexity index is 802. The zero-order valence-corrected chi connectivity index (χ0v) is 14.0. The summed E-state index contributed by atoms with van der Waals surface area (Å²) in [5.74, 6) is -0.736. The summed E-state index contributed by atoms with van der Waals surface area (Å²) < 4.78 is 0. The molecule has 0 saturated heterocycles. The molecule has 0 aliphatic carbocycles. The summed E-state index contributed by atoms with van der Waals surface area (Å²) in [6.07, 6.45) is 1.72. The summed E-state index contributed by atoms with van der Waals surface area (Å²) in [5.41, 5.74) is 0.879. The van der Waals surface area contributed by atoms with E-state index in [2.05, 4.69) is 43.3 Å². The van der Waals surface area contributed by atoms with Gasteiger partial charge in [-0.25, -0.2) is 0 Å². The lowest BCUT2D eigenvalue weighted by Crippen LogP contribution is -2.30. The number of benzene rings is 2. The molecular formula is C20H20O2S. The van der Waals surface area contributed by atoms with Crippen LogP contribution in [0.1, 0.15) is 30.2 Å². The molecule has 0 fully saturated rings. The second-order valence-electron chi connectivity index (χ2n) is 6.00. The average molecular weight is 324 g/mol. The topological polar surface area (TPSA) is 37.3 Å². The fourth-order valence-electron chi connectivity index (χ4n) is 3.34. The summed E-state index contributed by atoms with van der Waals surface area (Å²) in [5, 5.41) is 13.9. The van der Waals surface area contributed by atoms with E-state index in [9.17, 15) is 9.90 Å². The molecule has 118 valence electrons. The predicted octanol–water partition coefficient (Wildman–Crippen LogP) is 5.27. The Morgan fingerprint density at radius 3 is 2.57 bits per heavy atom. The quantitative estimate of drug-likeness (QED) is 0.671. The monoisotopic (exact) mass is 324 g/mol. The molecule has 0 saturated carbocycles. The van der Waals surface area contributed by atoms with Crippen molar-refractivity contribution >= 4 is 28.1 Å². The lowest BCUT2D eigenvalue weighted by molar-refractivity contribution is -0.138. The Kier molecular flexibility index (Phi) is 4.49. The van der Waals surface area contributed by atoms with Crippen molar-refractivity contribution in [3.8, 4) is 0 Å². The summed E-state index contributed by atoms with van der Waals surface area (Å²) >= 11 is 1.66. The van der Waals surface area contributed by atoms with Crippen LogP contribution in [-0.4, -0.2) is 11.1 Å². The minimum absolute atomic E-state index is 0.160. The molecule has 3 rings (SSSR count). The first kappa shape index (κ1) is 15.8. The molecule has 3 heteroatoms. The molecular weight excluding hydrogens is 304 g/mol. The average Bonchev–Trinajstić information content (AvgIpc) is 3.09. The molecule has 1 heterocycles. The second kappa shape index (κ2) is 6.55. The molecule has 0 unspecified atom stereocenters. The lowest BCUT2D eigenvalue weighted by Gasteiger charge is -2.31. The number of rotatable bonds is 6. The first-order valence-corrected chi connectivity index (χ1v) is 8.75. The highest BCUT2D eigenvalue weighted by molar-refractivity contribution is 7.10. The van der Waals surface area contributed by atoms with E-state index in [0.717, 1.165) is 17.7 Å².